The molecule has 0 heterocycles. The van der Waals surface area contributed by atoms with Crippen LogP contribution >= 0.6 is 0 Å². The van der Waals surface area contributed by atoms with E-state index in [1.165, 1.54) is 6.42 Å². The lowest BCUT2D eigenvalue weighted by Gasteiger charge is -2.28. The van der Waals surface area contributed by atoms with Crippen molar-refractivity contribution in [3.63, 3.8) is 0 Å². The summed E-state index contributed by atoms with van der Waals surface area (Å²) in [4.78, 5) is 0. The Bertz CT molecular complexity index is 149. The van der Waals surface area contributed by atoms with Crippen molar-refractivity contribution < 1.29 is 5.11 Å². The average molecular weight is 215 g/mol. The summed E-state index contributed by atoms with van der Waals surface area (Å²) < 4.78 is 0. The van der Waals surface area contributed by atoms with Crippen molar-refractivity contribution >= 4 is 0 Å². The standard InChI is InChI=1S/C13H29NO/c1-6-10(4)12(14-8-3)9-13(15)11(5)7-2/h10-15H,6-9H2,1-5H3. The molecule has 0 aromatic carbocycles. The molecule has 0 saturated carbocycles. The Labute approximate surface area is 95.5 Å². The maximum Gasteiger partial charge on any atom is 0.0580 e. The quantitative estimate of drug-likeness (QED) is 0.652. The summed E-state index contributed by atoms with van der Waals surface area (Å²) >= 11 is 0. The van der Waals surface area contributed by atoms with Crippen molar-refractivity contribution in [1.29, 1.82) is 0 Å². The second-order valence-corrected chi connectivity index (χ2v) is 4.74. The third-order valence-corrected chi connectivity index (χ3v) is 3.59. The summed E-state index contributed by atoms with van der Waals surface area (Å²) in [6.45, 7) is 11.9. The molecule has 0 aliphatic heterocycles. The van der Waals surface area contributed by atoms with Crippen LogP contribution in [0.3, 0.4) is 0 Å². The van der Waals surface area contributed by atoms with Crippen molar-refractivity contribution in [2.75, 3.05) is 6.54 Å². The van der Waals surface area contributed by atoms with E-state index in [0.29, 0.717) is 17.9 Å². The maximum atomic E-state index is 10.0. The van der Waals surface area contributed by atoms with Gasteiger partial charge < -0.3 is 10.4 Å². The summed E-state index contributed by atoms with van der Waals surface area (Å²) in [5.41, 5.74) is 0. The molecule has 2 nitrogen and oxygen atoms in total. The molecule has 4 unspecified atom stereocenters. The van der Waals surface area contributed by atoms with Gasteiger partial charge in [0.05, 0.1) is 6.10 Å². The van der Waals surface area contributed by atoms with Crippen LogP contribution in [0.1, 0.15) is 53.9 Å². The lowest BCUT2D eigenvalue weighted by Crippen LogP contribution is -2.39. The maximum absolute atomic E-state index is 10.0. The summed E-state index contributed by atoms with van der Waals surface area (Å²) in [7, 11) is 0. The van der Waals surface area contributed by atoms with Crippen molar-refractivity contribution in [2.45, 2.75) is 66.0 Å². The Hall–Kier alpha value is -0.0800. The molecule has 0 aromatic heterocycles. The summed E-state index contributed by atoms with van der Waals surface area (Å²) in [5.74, 6) is 1.05. The summed E-state index contributed by atoms with van der Waals surface area (Å²) in [6, 6.07) is 0.462. The minimum absolute atomic E-state index is 0.159. The monoisotopic (exact) mass is 215 g/mol. The van der Waals surface area contributed by atoms with Crippen LogP contribution in [-0.2, 0) is 0 Å². The highest BCUT2D eigenvalue weighted by molar-refractivity contribution is 4.77. The van der Waals surface area contributed by atoms with E-state index < -0.39 is 0 Å². The first kappa shape index (κ1) is 14.9. The largest absolute Gasteiger partial charge is 0.393 e. The first-order chi connectivity index (χ1) is 7.06. The van der Waals surface area contributed by atoms with Gasteiger partial charge in [0.15, 0.2) is 0 Å². The van der Waals surface area contributed by atoms with E-state index >= 15 is 0 Å². The molecule has 92 valence electrons. The molecule has 0 aliphatic rings. The third-order valence-electron chi connectivity index (χ3n) is 3.59. The van der Waals surface area contributed by atoms with Crippen LogP contribution in [0.25, 0.3) is 0 Å². The zero-order chi connectivity index (χ0) is 11.8. The minimum atomic E-state index is -0.159. The van der Waals surface area contributed by atoms with E-state index in [2.05, 4.69) is 39.9 Å². The third kappa shape index (κ3) is 5.53. The molecule has 4 atom stereocenters. The highest BCUT2D eigenvalue weighted by atomic mass is 16.3. The SMILES string of the molecule is CCNC(CC(O)C(C)CC)C(C)CC. The van der Waals surface area contributed by atoms with Gasteiger partial charge in [0.1, 0.15) is 0 Å². The molecule has 0 saturated heterocycles. The first-order valence-electron chi connectivity index (χ1n) is 6.48. The predicted octanol–water partition coefficient (Wildman–Crippen LogP) is 2.81. The molecule has 0 radical (unpaired) electrons. The minimum Gasteiger partial charge on any atom is -0.393 e. The average Bonchev–Trinajstić information content (AvgIpc) is 2.26. The van der Waals surface area contributed by atoms with Crippen molar-refractivity contribution in [3.05, 3.63) is 0 Å². The molecular formula is C13H29NO. The fourth-order valence-electron chi connectivity index (χ4n) is 1.83. The van der Waals surface area contributed by atoms with Crippen LogP contribution in [0.2, 0.25) is 0 Å². The van der Waals surface area contributed by atoms with Gasteiger partial charge in [-0.05, 0) is 24.8 Å². The van der Waals surface area contributed by atoms with Gasteiger partial charge in [-0.2, -0.15) is 0 Å². The van der Waals surface area contributed by atoms with E-state index in [1.807, 2.05) is 0 Å². The van der Waals surface area contributed by atoms with Gasteiger partial charge >= 0.3 is 0 Å². The van der Waals surface area contributed by atoms with Crippen LogP contribution in [0, 0.1) is 11.8 Å². The number of hydrogen-bond donors (Lipinski definition) is 2. The molecule has 0 fully saturated rings. The molecule has 2 N–H and O–H groups in total. The molecule has 0 rings (SSSR count). The van der Waals surface area contributed by atoms with Crippen molar-refractivity contribution in [2.24, 2.45) is 11.8 Å². The Morgan fingerprint density at radius 2 is 1.53 bits per heavy atom. The van der Waals surface area contributed by atoms with Crippen molar-refractivity contribution in [1.82, 2.24) is 5.32 Å². The molecule has 0 spiro atoms. The van der Waals surface area contributed by atoms with E-state index in [-0.39, 0.29) is 6.10 Å². The fourth-order valence-corrected chi connectivity index (χ4v) is 1.83. The predicted molar refractivity (Wildman–Crippen MR) is 67.0 cm³/mol. The van der Waals surface area contributed by atoms with E-state index in [1.54, 1.807) is 0 Å². The molecule has 2 heteroatoms. The Balaban J connectivity index is 4.14. The van der Waals surface area contributed by atoms with Gasteiger partial charge in [0, 0.05) is 6.04 Å². The number of aliphatic hydroxyl groups excluding tert-OH is 1. The lowest BCUT2D eigenvalue weighted by atomic mass is 9.89. The number of nitrogens with one attached hydrogen (secondary N) is 1. The van der Waals surface area contributed by atoms with Gasteiger partial charge in [-0.3, -0.25) is 0 Å². The lowest BCUT2D eigenvalue weighted by molar-refractivity contribution is 0.0855. The molecule has 0 amide bonds. The smallest absolute Gasteiger partial charge is 0.0580 e. The highest BCUT2D eigenvalue weighted by Crippen LogP contribution is 2.18. The van der Waals surface area contributed by atoms with Crippen molar-refractivity contribution in [3.8, 4) is 0 Å². The van der Waals surface area contributed by atoms with Crippen LogP contribution in [-0.4, -0.2) is 23.8 Å². The normalized spacial score (nSPS) is 19.6. The summed E-state index contributed by atoms with van der Waals surface area (Å²) in [5, 5.41) is 13.5. The van der Waals surface area contributed by atoms with Gasteiger partial charge in [-0.25, -0.2) is 0 Å². The number of aliphatic hydroxyl groups is 1. The van der Waals surface area contributed by atoms with Gasteiger partial charge in [-0.1, -0.05) is 47.5 Å². The van der Waals surface area contributed by atoms with Crippen LogP contribution < -0.4 is 5.32 Å². The summed E-state index contributed by atoms with van der Waals surface area (Å²) in [6.07, 6.45) is 2.96. The molecule has 15 heavy (non-hydrogen) atoms. The molecule has 0 bridgehead atoms. The van der Waals surface area contributed by atoms with E-state index in [0.717, 1.165) is 19.4 Å². The highest BCUT2D eigenvalue weighted by Gasteiger charge is 2.21. The molecule has 0 aromatic rings. The van der Waals surface area contributed by atoms with Crippen LogP contribution in [0.4, 0.5) is 0 Å². The van der Waals surface area contributed by atoms with Gasteiger partial charge in [0.25, 0.3) is 0 Å². The number of hydrogen-bond acceptors (Lipinski definition) is 2. The van der Waals surface area contributed by atoms with E-state index in [4.69, 9.17) is 0 Å². The van der Waals surface area contributed by atoms with E-state index in [9.17, 15) is 5.11 Å². The van der Waals surface area contributed by atoms with Gasteiger partial charge in [-0.15, -0.1) is 0 Å². The Morgan fingerprint density at radius 1 is 1.00 bits per heavy atom. The zero-order valence-corrected chi connectivity index (χ0v) is 11.1. The van der Waals surface area contributed by atoms with Crippen LogP contribution in [0.15, 0.2) is 0 Å². The van der Waals surface area contributed by atoms with Gasteiger partial charge in [0.2, 0.25) is 0 Å². The second-order valence-electron chi connectivity index (χ2n) is 4.74. The first-order valence-corrected chi connectivity index (χ1v) is 6.48. The zero-order valence-electron chi connectivity index (χ0n) is 11.1. The molecular weight excluding hydrogens is 186 g/mol. The topological polar surface area (TPSA) is 32.3 Å². The Kier molecular flexibility index (Phi) is 8.07. The fraction of sp³-hybridized carbons (Fsp3) is 1.00. The second kappa shape index (κ2) is 8.12. The number of rotatable bonds is 8. The Morgan fingerprint density at radius 3 is 1.93 bits per heavy atom. The molecule has 0 aliphatic carbocycles. The van der Waals surface area contributed by atoms with Crippen LogP contribution in [0.5, 0.6) is 0 Å².